The molecule has 0 saturated heterocycles. The van der Waals surface area contributed by atoms with Crippen LogP contribution in [0.15, 0.2) is 82.9 Å². The largest absolute Gasteiger partial charge is 0.370 e. The molecule has 1 unspecified atom stereocenters. The molecular formula is C32H38ClN2+. The quantitative estimate of drug-likeness (QED) is 0.397. The van der Waals surface area contributed by atoms with Crippen molar-refractivity contribution in [3.8, 4) is 0 Å². The number of rotatable bonds is 4. The Balaban J connectivity index is 1.39. The Bertz CT molecular complexity index is 1290. The molecule has 0 radical (unpaired) electrons. The number of hydrogen-bond donors (Lipinski definition) is 0. The van der Waals surface area contributed by atoms with Crippen molar-refractivity contribution in [2.75, 3.05) is 19.0 Å². The standard InChI is InChI=1S/C32H38ClN2/c1-31(2)24-14-7-9-16-26(24)34(5)28(31)20-18-22-12-11-13-23(30(22)33)19-21-29-32(3,4)25-15-8-10-17-27(25)35(29)6/h7-10,14-20,29H,11-13,21H2,1-6H3/q+1/b20-18-,23-19-. The van der Waals surface area contributed by atoms with Crippen LogP contribution in [0.4, 0.5) is 11.4 Å². The van der Waals surface area contributed by atoms with Gasteiger partial charge in [0, 0.05) is 46.9 Å². The minimum atomic E-state index is -0.0180. The summed E-state index contributed by atoms with van der Waals surface area (Å²) >= 11 is 7.04. The lowest BCUT2D eigenvalue weighted by Crippen LogP contribution is -2.38. The topological polar surface area (TPSA) is 6.25 Å². The molecule has 2 aromatic carbocycles. The first kappa shape index (κ1) is 24.1. The highest BCUT2D eigenvalue weighted by Gasteiger charge is 2.43. The van der Waals surface area contributed by atoms with E-state index in [4.69, 9.17) is 11.6 Å². The second-order valence-corrected chi connectivity index (χ2v) is 11.8. The van der Waals surface area contributed by atoms with E-state index < -0.39 is 0 Å². The van der Waals surface area contributed by atoms with Crippen LogP contribution in [-0.4, -0.2) is 30.4 Å². The number of hydrogen-bond acceptors (Lipinski definition) is 1. The van der Waals surface area contributed by atoms with E-state index in [2.05, 4.69) is 118 Å². The van der Waals surface area contributed by atoms with Crippen LogP contribution in [0.5, 0.6) is 0 Å². The third-order valence-electron chi connectivity index (χ3n) is 8.71. The maximum absolute atomic E-state index is 7.04. The summed E-state index contributed by atoms with van der Waals surface area (Å²) in [5.41, 5.74) is 9.47. The Hall–Kier alpha value is -2.58. The summed E-state index contributed by atoms with van der Waals surface area (Å²) in [5, 5.41) is 0.958. The first-order valence-corrected chi connectivity index (χ1v) is 13.3. The summed E-state index contributed by atoms with van der Waals surface area (Å²) in [5.74, 6) is 0. The molecule has 2 aliphatic heterocycles. The highest BCUT2D eigenvalue weighted by Crippen LogP contribution is 2.46. The van der Waals surface area contributed by atoms with Crippen molar-refractivity contribution >= 4 is 28.7 Å². The lowest BCUT2D eigenvalue weighted by molar-refractivity contribution is -0.401. The van der Waals surface area contributed by atoms with Crippen LogP contribution in [0.1, 0.15) is 64.5 Å². The Morgan fingerprint density at radius 3 is 2.37 bits per heavy atom. The summed E-state index contributed by atoms with van der Waals surface area (Å²) in [7, 11) is 4.41. The summed E-state index contributed by atoms with van der Waals surface area (Å²) in [6.07, 6.45) is 11.2. The first-order chi connectivity index (χ1) is 16.6. The molecule has 35 heavy (non-hydrogen) atoms. The lowest BCUT2D eigenvalue weighted by atomic mass is 9.78. The zero-order chi connectivity index (χ0) is 25.0. The molecule has 0 bridgehead atoms. The SMILES string of the molecule is CN1c2ccccc2C(C)(C)C1C/C=C1/CCCC(/C=C\C2=[N+](C)c3ccccc3C2(C)C)=C1Cl. The molecule has 3 heteroatoms. The average Bonchev–Trinajstić information content (AvgIpc) is 3.16. The number of fused-ring (bicyclic) bond motifs is 2. The third kappa shape index (κ3) is 3.91. The van der Waals surface area contributed by atoms with Gasteiger partial charge in [-0.2, -0.15) is 4.58 Å². The molecule has 0 N–H and O–H groups in total. The fraction of sp³-hybridized carbons (Fsp3) is 0.406. The van der Waals surface area contributed by atoms with Gasteiger partial charge in [-0.3, -0.25) is 0 Å². The lowest BCUT2D eigenvalue weighted by Gasteiger charge is -2.32. The van der Waals surface area contributed by atoms with E-state index in [1.807, 2.05) is 0 Å². The first-order valence-electron chi connectivity index (χ1n) is 12.9. The number of likely N-dealkylation sites (N-methyl/N-ethyl adjacent to an activating group) is 1. The van der Waals surface area contributed by atoms with E-state index in [1.165, 1.54) is 39.4 Å². The molecule has 3 aliphatic rings. The van der Waals surface area contributed by atoms with Crippen LogP contribution in [0.3, 0.4) is 0 Å². The van der Waals surface area contributed by atoms with E-state index in [0.29, 0.717) is 6.04 Å². The van der Waals surface area contributed by atoms with Crippen molar-refractivity contribution in [3.63, 3.8) is 0 Å². The zero-order valence-corrected chi connectivity index (χ0v) is 22.8. The number of allylic oxidation sites excluding steroid dienone is 5. The van der Waals surface area contributed by atoms with Crippen LogP contribution < -0.4 is 4.90 Å². The average molecular weight is 486 g/mol. The van der Waals surface area contributed by atoms with Crippen LogP contribution in [0.2, 0.25) is 0 Å². The van der Waals surface area contributed by atoms with E-state index in [0.717, 1.165) is 30.7 Å². The molecule has 0 saturated carbocycles. The van der Waals surface area contributed by atoms with Gasteiger partial charge in [-0.15, -0.1) is 0 Å². The van der Waals surface area contributed by atoms with Gasteiger partial charge in [0.25, 0.3) is 0 Å². The second-order valence-electron chi connectivity index (χ2n) is 11.4. The number of nitrogens with zero attached hydrogens (tertiary/aromatic N) is 2. The predicted octanol–water partition coefficient (Wildman–Crippen LogP) is 8.04. The molecule has 0 spiro atoms. The number of anilines is 1. The van der Waals surface area contributed by atoms with E-state index in [1.54, 1.807) is 0 Å². The molecule has 2 nitrogen and oxygen atoms in total. The molecule has 1 aliphatic carbocycles. The van der Waals surface area contributed by atoms with Crippen molar-refractivity contribution in [3.05, 3.63) is 94.1 Å². The van der Waals surface area contributed by atoms with Crippen molar-refractivity contribution in [1.29, 1.82) is 0 Å². The normalized spacial score (nSPS) is 24.0. The fourth-order valence-electron chi connectivity index (χ4n) is 6.59. The number of halogens is 1. The van der Waals surface area contributed by atoms with Crippen molar-refractivity contribution in [1.82, 2.24) is 0 Å². The van der Waals surface area contributed by atoms with Gasteiger partial charge in [-0.05, 0) is 62.3 Å². The predicted molar refractivity (Wildman–Crippen MR) is 151 cm³/mol. The minimum absolute atomic E-state index is 0.0180. The number of benzene rings is 2. The maximum atomic E-state index is 7.04. The number of para-hydroxylation sites is 2. The highest BCUT2D eigenvalue weighted by atomic mass is 35.5. The van der Waals surface area contributed by atoms with Crippen LogP contribution in [0, 0.1) is 0 Å². The molecule has 0 aromatic heterocycles. The molecule has 0 fully saturated rings. The Labute approximate surface area is 216 Å². The molecule has 2 aromatic rings. The minimum Gasteiger partial charge on any atom is -0.370 e. The molecule has 182 valence electrons. The van der Waals surface area contributed by atoms with Gasteiger partial charge < -0.3 is 4.90 Å². The Morgan fingerprint density at radius 2 is 1.66 bits per heavy atom. The summed E-state index contributed by atoms with van der Waals surface area (Å²) in [6, 6.07) is 18.0. The van der Waals surface area contributed by atoms with Gasteiger partial charge in [0.15, 0.2) is 5.71 Å². The Kier molecular flexibility index (Phi) is 6.08. The van der Waals surface area contributed by atoms with Gasteiger partial charge in [-0.25, -0.2) is 0 Å². The molecule has 2 heterocycles. The Morgan fingerprint density at radius 1 is 0.971 bits per heavy atom. The van der Waals surface area contributed by atoms with Crippen LogP contribution in [0.25, 0.3) is 0 Å². The summed E-state index contributed by atoms with van der Waals surface area (Å²) in [6.45, 7) is 9.38. The van der Waals surface area contributed by atoms with E-state index in [-0.39, 0.29) is 10.8 Å². The van der Waals surface area contributed by atoms with Gasteiger partial charge in [0.1, 0.15) is 7.05 Å². The van der Waals surface area contributed by atoms with Gasteiger partial charge in [-0.1, -0.05) is 74.0 Å². The fourth-order valence-corrected chi connectivity index (χ4v) is 6.92. The maximum Gasteiger partial charge on any atom is 0.209 e. The van der Waals surface area contributed by atoms with Gasteiger partial charge in [0.2, 0.25) is 5.69 Å². The molecule has 1 atom stereocenters. The van der Waals surface area contributed by atoms with E-state index >= 15 is 0 Å². The van der Waals surface area contributed by atoms with Crippen molar-refractivity contribution in [2.45, 2.75) is 70.3 Å². The highest BCUT2D eigenvalue weighted by molar-refractivity contribution is 6.32. The molecular weight excluding hydrogens is 448 g/mol. The molecule has 0 amide bonds. The van der Waals surface area contributed by atoms with E-state index in [9.17, 15) is 0 Å². The van der Waals surface area contributed by atoms with Gasteiger partial charge in [0.05, 0.1) is 5.41 Å². The third-order valence-corrected chi connectivity index (χ3v) is 9.19. The smallest absolute Gasteiger partial charge is 0.209 e. The monoisotopic (exact) mass is 485 g/mol. The van der Waals surface area contributed by atoms with Crippen molar-refractivity contribution < 1.29 is 4.58 Å². The second kappa shape index (κ2) is 8.82. The summed E-state index contributed by atoms with van der Waals surface area (Å²) in [4.78, 5) is 2.46. The summed E-state index contributed by atoms with van der Waals surface area (Å²) < 4.78 is 2.33. The van der Waals surface area contributed by atoms with Gasteiger partial charge >= 0.3 is 0 Å². The molecule has 5 rings (SSSR count). The van der Waals surface area contributed by atoms with Crippen LogP contribution >= 0.6 is 11.6 Å². The van der Waals surface area contributed by atoms with Crippen LogP contribution in [-0.2, 0) is 10.8 Å². The van der Waals surface area contributed by atoms with Crippen molar-refractivity contribution in [2.24, 2.45) is 0 Å². The zero-order valence-electron chi connectivity index (χ0n) is 22.0.